The van der Waals surface area contributed by atoms with Crippen LogP contribution in [-0.4, -0.2) is 14.5 Å². The van der Waals surface area contributed by atoms with Gasteiger partial charge in [0.1, 0.15) is 16.9 Å². The molecule has 0 fully saturated rings. The highest BCUT2D eigenvalue weighted by Crippen LogP contribution is 2.50. The maximum atomic E-state index is 6.21. The van der Waals surface area contributed by atoms with Crippen molar-refractivity contribution >= 4 is 87.1 Å². The Bertz CT molecular complexity index is 3240. The van der Waals surface area contributed by atoms with E-state index < -0.39 is 0 Å². The van der Waals surface area contributed by atoms with Crippen LogP contribution in [0.1, 0.15) is 0 Å². The van der Waals surface area contributed by atoms with Crippen LogP contribution in [0.5, 0.6) is 0 Å². The average molecular weight is 610 g/mol. The molecule has 0 amide bonds. The van der Waals surface area contributed by atoms with E-state index in [-0.39, 0.29) is 0 Å². The zero-order valence-electron chi connectivity index (χ0n) is 25.5. The molecule has 0 atom stereocenters. The van der Waals surface area contributed by atoms with Gasteiger partial charge in [-0.15, -0.1) is 0 Å². The fourth-order valence-electron chi connectivity index (χ4n) is 8.45. The van der Waals surface area contributed by atoms with Crippen molar-refractivity contribution < 1.29 is 4.42 Å². The number of fused-ring (bicyclic) bond motifs is 5. The monoisotopic (exact) mass is 609 g/mol. The zero-order chi connectivity index (χ0) is 31.1. The molecule has 0 unspecified atom stereocenters. The molecule has 11 aromatic rings. The first-order valence-electron chi connectivity index (χ1n) is 16.3. The predicted molar refractivity (Wildman–Crippen MR) is 198 cm³/mol. The minimum atomic E-state index is 0.818. The lowest BCUT2D eigenvalue weighted by Gasteiger charge is -2.16. The molecule has 0 bridgehead atoms. The van der Waals surface area contributed by atoms with E-state index in [1.54, 1.807) is 0 Å². The predicted octanol–water partition coefficient (Wildman–Crippen LogP) is 11.7. The molecule has 8 aromatic carbocycles. The molecule has 0 spiro atoms. The first kappa shape index (κ1) is 24.7. The highest BCUT2D eigenvalue weighted by molar-refractivity contribution is 6.38. The van der Waals surface area contributed by atoms with Gasteiger partial charge in [-0.25, -0.2) is 9.97 Å². The Labute approximate surface area is 273 Å². The standard InChI is InChI=1S/C44H23N3O/c1-4-14-36-28(9-1)31-23-27(19-22-37(31)48-36)43-44(46-33-13-3-2-12-32(33)45-43)47-34-20-17-25-8-6-11-30-29-10-5-7-24-15-16-26-18-21-35(47)42(40(26)38(24)29)41(34)39(25)30/h1-23H. The lowest BCUT2D eigenvalue weighted by molar-refractivity contribution is 0.669. The molecule has 0 aliphatic heterocycles. The second-order valence-corrected chi connectivity index (χ2v) is 12.9. The first-order valence-corrected chi connectivity index (χ1v) is 16.3. The van der Waals surface area contributed by atoms with Gasteiger partial charge < -0.3 is 4.42 Å². The van der Waals surface area contributed by atoms with Gasteiger partial charge in [-0.1, -0.05) is 91.0 Å². The third kappa shape index (κ3) is 3.00. The summed E-state index contributed by atoms with van der Waals surface area (Å²) in [5.74, 6) is 0.818. The summed E-state index contributed by atoms with van der Waals surface area (Å²) in [6, 6.07) is 49.8. The maximum absolute atomic E-state index is 6.21. The summed E-state index contributed by atoms with van der Waals surface area (Å²) in [7, 11) is 0. The third-order valence-corrected chi connectivity index (χ3v) is 10.5. The van der Waals surface area contributed by atoms with Crippen molar-refractivity contribution in [2.45, 2.75) is 0 Å². The molecule has 12 rings (SSSR count). The Morgan fingerprint density at radius 3 is 1.81 bits per heavy atom. The molecule has 3 aromatic heterocycles. The summed E-state index contributed by atoms with van der Waals surface area (Å²) < 4.78 is 8.57. The second-order valence-electron chi connectivity index (χ2n) is 12.9. The first-order chi connectivity index (χ1) is 23.8. The van der Waals surface area contributed by atoms with E-state index in [9.17, 15) is 0 Å². The number of hydrogen-bond donors (Lipinski definition) is 0. The quantitative estimate of drug-likeness (QED) is 0.183. The van der Waals surface area contributed by atoms with Crippen LogP contribution >= 0.6 is 0 Å². The molecule has 220 valence electrons. The van der Waals surface area contributed by atoms with Crippen molar-refractivity contribution in [2.24, 2.45) is 0 Å². The van der Waals surface area contributed by atoms with Gasteiger partial charge in [-0.2, -0.15) is 0 Å². The van der Waals surface area contributed by atoms with E-state index in [1.807, 2.05) is 30.3 Å². The van der Waals surface area contributed by atoms with Crippen molar-refractivity contribution in [3.63, 3.8) is 0 Å². The molecular formula is C44H23N3O. The summed E-state index contributed by atoms with van der Waals surface area (Å²) in [4.78, 5) is 10.8. The Morgan fingerprint density at radius 2 is 1.04 bits per heavy atom. The molecular weight excluding hydrogens is 587 g/mol. The van der Waals surface area contributed by atoms with Gasteiger partial charge in [0.05, 0.1) is 22.1 Å². The van der Waals surface area contributed by atoms with Crippen molar-refractivity contribution in [1.29, 1.82) is 0 Å². The molecule has 0 N–H and O–H groups in total. The molecule has 1 aliphatic rings. The summed E-state index contributed by atoms with van der Waals surface area (Å²) in [5.41, 5.74) is 10.1. The lowest BCUT2D eigenvalue weighted by atomic mass is 9.93. The molecule has 4 heteroatoms. The number of para-hydroxylation sites is 3. The molecule has 1 aliphatic carbocycles. The lowest BCUT2D eigenvalue weighted by Crippen LogP contribution is -2.04. The van der Waals surface area contributed by atoms with Gasteiger partial charge in [-0.3, -0.25) is 4.57 Å². The number of nitrogens with zero attached hydrogens (tertiary/aromatic N) is 3. The smallest absolute Gasteiger partial charge is 0.165 e. The highest BCUT2D eigenvalue weighted by Gasteiger charge is 2.26. The number of rotatable bonds is 2. The summed E-state index contributed by atoms with van der Waals surface area (Å²) in [6.07, 6.45) is 0. The van der Waals surface area contributed by atoms with Crippen molar-refractivity contribution in [3.05, 3.63) is 140 Å². The van der Waals surface area contributed by atoms with Gasteiger partial charge in [0.15, 0.2) is 5.82 Å². The Hall–Kier alpha value is -6.52. The van der Waals surface area contributed by atoms with Crippen LogP contribution < -0.4 is 0 Å². The van der Waals surface area contributed by atoms with Gasteiger partial charge in [0, 0.05) is 32.5 Å². The Morgan fingerprint density at radius 1 is 0.438 bits per heavy atom. The van der Waals surface area contributed by atoms with Crippen LogP contribution in [0.4, 0.5) is 0 Å². The third-order valence-electron chi connectivity index (χ3n) is 10.5. The molecule has 0 radical (unpaired) electrons. The molecule has 0 saturated heterocycles. The largest absolute Gasteiger partial charge is 0.456 e. The Kier molecular flexibility index (Phi) is 4.44. The van der Waals surface area contributed by atoms with E-state index in [1.165, 1.54) is 54.2 Å². The highest BCUT2D eigenvalue weighted by atomic mass is 16.3. The average Bonchev–Trinajstić information content (AvgIpc) is 3.65. The van der Waals surface area contributed by atoms with Gasteiger partial charge in [0.2, 0.25) is 0 Å². The van der Waals surface area contributed by atoms with Crippen molar-refractivity contribution in [1.82, 2.24) is 14.5 Å². The van der Waals surface area contributed by atoms with Crippen LogP contribution in [0.3, 0.4) is 0 Å². The van der Waals surface area contributed by atoms with Crippen LogP contribution in [0.15, 0.2) is 144 Å². The number of aromatic nitrogens is 3. The van der Waals surface area contributed by atoms with E-state index in [0.29, 0.717) is 0 Å². The fraction of sp³-hybridized carbons (Fsp3) is 0. The topological polar surface area (TPSA) is 43.9 Å². The number of hydrogen-bond acceptors (Lipinski definition) is 3. The number of furan rings is 1. The summed E-state index contributed by atoms with van der Waals surface area (Å²) >= 11 is 0. The van der Waals surface area contributed by atoms with Gasteiger partial charge in [0.25, 0.3) is 0 Å². The van der Waals surface area contributed by atoms with Crippen LogP contribution in [0.25, 0.3) is 115 Å². The van der Waals surface area contributed by atoms with Gasteiger partial charge >= 0.3 is 0 Å². The molecule has 0 saturated carbocycles. The molecule has 4 nitrogen and oxygen atoms in total. The summed E-state index contributed by atoms with van der Waals surface area (Å²) in [5, 5.41) is 12.3. The minimum absolute atomic E-state index is 0.818. The van der Waals surface area contributed by atoms with Crippen molar-refractivity contribution in [2.75, 3.05) is 0 Å². The number of benzene rings is 8. The van der Waals surface area contributed by atoms with Crippen LogP contribution in [-0.2, 0) is 0 Å². The van der Waals surface area contributed by atoms with Crippen LogP contribution in [0.2, 0.25) is 0 Å². The van der Waals surface area contributed by atoms with Gasteiger partial charge in [-0.05, 0) is 86.6 Å². The normalized spacial score (nSPS) is 12.6. The van der Waals surface area contributed by atoms with Crippen LogP contribution in [0, 0.1) is 0 Å². The van der Waals surface area contributed by atoms with E-state index in [0.717, 1.165) is 61.1 Å². The molecule has 48 heavy (non-hydrogen) atoms. The molecule has 3 heterocycles. The zero-order valence-corrected chi connectivity index (χ0v) is 25.5. The second kappa shape index (κ2) is 8.64. The maximum Gasteiger partial charge on any atom is 0.165 e. The minimum Gasteiger partial charge on any atom is -0.456 e. The van der Waals surface area contributed by atoms with E-state index >= 15 is 0 Å². The van der Waals surface area contributed by atoms with E-state index in [4.69, 9.17) is 14.4 Å². The van der Waals surface area contributed by atoms with E-state index in [2.05, 4.69) is 114 Å². The summed E-state index contributed by atoms with van der Waals surface area (Å²) in [6.45, 7) is 0. The van der Waals surface area contributed by atoms with Crippen molar-refractivity contribution in [3.8, 4) is 28.2 Å². The SMILES string of the molecule is c1cc2c3c(c1)ccc1ccc4c(c13)c1c3c-2cccc3ccc1n4-c1nc2ccccc2nc1-c1ccc2oc3ccccc3c2c1. The Balaban J connectivity index is 1.29. The fourth-order valence-corrected chi connectivity index (χ4v) is 8.45.